The summed E-state index contributed by atoms with van der Waals surface area (Å²) < 4.78 is 5.78. The van der Waals surface area contributed by atoms with E-state index in [-0.39, 0.29) is 5.91 Å². The van der Waals surface area contributed by atoms with E-state index in [0.717, 1.165) is 24.4 Å². The first-order valence-corrected chi connectivity index (χ1v) is 6.52. The molecule has 0 N–H and O–H groups in total. The van der Waals surface area contributed by atoms with Gasteiger partial charge in [-0.3, -0.25) is 4.79 Å². The third kappa shape index (κ3) is 3.25. The van der Waals surface area contributed by atoms with Gasteiger partial charge in [-0.15, -0.1) is 0 Å². The molecule has 18 heavy (non-hydrogen) atoms. The SMILES string of the molecule is CCN(CC)C(=O)[C@@H](C)Oc1cccc(C)c1C. The fourth-order valence-corrected chi connectivity index (χ4v) is 1.89. The molecule has 0 saturated carbocycles. The number of ether oxygens (including phenoxy) is 1. The van der Waals surface area contributed by atoms with Crippen LogP contribution >= 0.6 is 0 Å². The fraction of sp³-hybridized carbons (Fsp3) is 0.533. The molecule has 1 atom stereocenters. The summed E-state index contributed by atoms with van der Waals surface area (Å²) in [6.45, 7) is 11.3. The zero-order valence-electron chi connectivity index (χ0n) is 12.0. The molecule has 1 amide bonds. The normalized spacial score (nSPS) is 12.1. The second kappa shape index (κ2) is 6.43. The molecule has 0 aliphatic rings. The summed E-state index contributed by atoms with van der Waals surface area (Å²) in [5, 5.41) is 0. The van der Waals surface area contributed by atoms with Crippen molar-refractivity contribution in [2.45, 2.75) is 40.7 Å². The van der Waals surface area contributed by atoms with E-state index in [4.69, 9.17) is 4.74 Å². The minimum absolute atomic E-state index is 0.0425. The van der Waals surface area contributed by atoms with Gasteiger partial charge in [0, 0.05) is 13.1 Å². The molecule has 0 fully saturated rings. The van der Waals surface area contributed by atoms with Gasteiger partial charge in [-0.05, 0) is 51.8 Å². The highest BCUT2D eigenvalue weighted by molar-refractivity contribution is 5.80. The number of amides is 1. The molecule has 0 unspecified atom stereocenters. The molecule has 0 bridgehead atoms. The minimum Gasteiger partial charge on any atom is -0.481 e. The first kappa shape index (κ1) is 14.6. The minimum atomic E-state index is -0.439. The Morgan fingerprint density at radius 3 is 2.44 bits per heavy atom. The molecule has 3 nitrogen and oxygen atoms in total. The molecule has 1 aromatic rings. The van der Waals surface area contributed by atoms with Crippen LogP contribution in [0.5, 0.6) is 5.75 Å². The van der Waals surface area contributed by atoms with Crippen molar-refractivity contribution in [3.63, 3.8) is 0 Å². The Bertz CT molecular complexity index is 411. The molecule has 1 rings (SSSR count). The van der Waals surface area contributed by atoms with Crippen LogP contribution in [0.3, 0.4) is 0 Å². The predicted octanol–water partition coefficient (Wildman–Crippen LogP) is 2.94. The van der Waals surface area contributed by atoms with Gasteiger partial charge in [-0.25, -0.2) is 0 Å². The zero-order chi connectivity index (χ0) is 13.7. The van der Waals surface area contributed by atoms with Crippen LogP contribution in [0.4, 0.5) is 0 Å². The second-order valence-corrected chi connectivity index (χ2v) is 4.47. The van der Waals surface area contributed by atoms with Crippen molar-refractivity contribution in [3.05, 3.63) is 29.3 Å². The van der Waals surface area contributed by atoms with E-state index in [1.54, 1.807) is 4.90 Å². The lowest BCUT2D eigenvalue weighted by Crippen LogP contribution is -2.40. The van der Waals surface area contributed by atoms with Gasteiger partial charge in [0.05, 0.1) is 0 Å². The van der Waals surface area contributed by atoms with Crippen molar-refractivity contribution >= 4 is 5.91 Å². The standard InChI is InChI=1S/C15H23NO2/c1-6-16(7-2)15(17)13(5)18-14-10-8-9-11(3)12(14)4/h8-10,13H,6-7H2,1-5H3/t13-/m1/s1. The third-order valence-electron chi connectivity index (χ3n) is 3.28. The number of carbonyl (C=O) groups excluding carboxylic acids is 1. The number of nitrogens with zero attached hydrogens (tertiary/aromatic N) is 1. The Morgan fingerprint density at radius 2 is 1.89 bits per heavy atom. The van der Waals surface area contributed by atoms with E-state index >= 15 is 0 Å². The number of carbonyl (C=O) groups is 1. The van der Waals surface area contributed by atoms with Gasteiger partial charge in [-0.2, -0.15) is 0 Å². The summed E-state index contributed by atoms with van der Waals surface area (Å²) in [6, 6.07) is 5.90. The van der Waals surface area contributed by atoms with Gasteiger partial charge in [0.25, 0.3) is 5.91 Å². The molecule has 100 valence electrons. The second-order valence-electron chi connectivity index (χ2n) is 4.47. The first-order valence-electron chi connectivity index (χ1n) is 6.52. The summed E-state index contributed by atoms with van der Waals surface area (Å²) in [7, 11) is 0. The van der Waals surface area contributed by atoms with E-state index < -0.39 is 6.10 Å². The van der Waals surface area contributed by atoms with Gasteiger partial charge in [0.15, 0.2) is 6.10 Å². The molecule has 0 aromatic heterocycles. The number of aryl methyl sites for hydroxylation is 1. The largest absolute Gasteiger partial charge is 0.481 e. The average Bonchev–Trinajstić information content (AvgIpc) is 2.36. The predicted molar refractivity (Wildman–Crippen MR) is 73.9 cm³/mol. The number of likely N-dealkylation sites (N-methyl/N-ethyl adjacent to an activating group) is 1. The molecule has 0 saturated heterocycles. The van der Waals surface area contributed by atoms with Crippen LogP contribution in [-0.2, 0) is 4.79 Å². The number of benzene rings is 1. The fourth-order valence-electron chi connectivity index (χ4n) is 1.89. The Balaban J connectivity index is 2.78. The average molecular weight is 249 g/mol. The summed E-state index contributed by atoms with van der Waals surface area (Å²) in [4.78, 5) is 13.9. The Kier molecular flexibility index (Phi) is 5.20. The summed E-state index contributed by atoms with van der Waals surface area (Å²) in [6.07, 6.45) is -0.439. The molecular weight excluding hydrogens is 226 g/mol. The molecule has 3 heteroatoms. The number of hydrogen-bond acceptors (Lipinski definition) is 2. The van der Waals surface area contributed by atoms with Gasteiger partial charge >= 0.3 is 0 Å². The monoisotopic (exact) mass is 249 g/mol. The lowest BCUT2D eigenvalue weighted by Gasteiger charge is -2.24. The molecule has 0 aliphatic heterocycles. The molecule has 0 heterocycles. The van der Waals surface area contributed by atoms with Crippen molar-refractivity contribution in [1.29, 1.82) is 0 Å². The Labute approximate surface area is 110 Å². The van der Waals surface area contributed by atoms with Crippen molar-refractivity contribution in [3.8, 4) is 5.75 Å². The van der Waals surface area contributed by atoms with Crippen molar-refractivity contribution in [2.24, 2.45) is 0 Å². The van der Waals surface area contributed by atoms with Crippen LogP contribution in [0.1, 0.15) is 31.9 Å². The van der Waals surface area contributed by atoms with Crippen LogP contribution in [-0.4, -0.2) is 30.0 Å². The third-order valence-corrected chi connectivity index (χ3v) is 3.28. The van der Waals surface area contributed by atoms with E-state index in [2.05, 4.69) is 0 Å². The van der Waals surface area contributed by atoms with Crippen LogP contribution in [0, 0.1) is 13.8 Å². The highest BCUT2D eigenvalue weighted by atomic mass is 16.5. The van der Waals surface area contributed by atoms with Gasteiger partial charge in [0.1, 0.15) is 5.75 Å². The van der Waals surface area contributed by atoms with Crippen molar-refractivity contribution < 1.29 is 9.53 Å². The topological polar surface area (TPSA) is 29.5 Å². The van der Waals surface area contributed by atoms with Crippen LogP contribution in [0.25, 0.3) is 0 Å². The highest BCUT2D eigenvalue weighted by Gasteiger charge is 2.20. The molecule has 0 radical (unpaired) electrons. The molecular formula is C15H23NO2. The molecule has 0 aliphatic carbocycles. The maximum atomic E-state index is 12.1. The zero-order valence-corrected chi connectivity index (χ0v) is 12.0. The van der Waals surface area contributed by atoms with Crippen LogP contribution in [0.2, 0.25) is 0 Å². The summed E-state index contributed by atoms with van der Waals surface area (Å²) in [5.74, 6) is 0.837. The van der Waals surface area contributed by atoms with Gasteiger partial charge in [0.2, 0.25) is 0 Å². The molecule has 0 spiro atoms. The van der Waals surface area contributed by atoms with Gasteiger partial charge < -0.3 is 9.64 Å². The first-order chi connectivity index (χ1) is 8.51. The molecule has 1 aromatic carbocycles. The van der Waals surface area contributed by atoms with Crippen molar-refractivity contribution in [2.75, 3.05) is 13.1 Å². The quantitative estimate of drug-likeness (QED) is 0.803. The van der Waals surface area contributed by atoms with Gasteiger partial charge in [-0.1, -0.05) is 12.1 Å². The Morgan fingerprint density at radius 1 is 1.28 bits per heavy atom. The van der Waals surface area contributed by atoms with E-state index in [0.29, 0.717) is 0 Å². The highest BCUT2D eigenvalue weighted by Crippen LogP contribution is 2.22. The summed E-state index contributed by atoms with van der Waals surface area (Å²) >= 11 is 0. The Hall–Kier alpha value is -1.51. The van der Waals surface area contributed by atoms with Crippen molar-refractivity contribution in [1.82, 2.24) is 4.90 Å². The van der Waals surface area contributed by atoms with E-state index in [1.165, 1.54) is 5.56 Å². The lowest BCUT2D eigenvalue weighted by atomic mass is 10.1. The maximum Gasteiger partial charge on any atom is 0.263 e. The van der Waals surface area contributed by atoms with E-state index in [9.17, 15) is 4.79 Å². The number of hydrogen-bond donors (Lipinski definition) is 0. The summed E-state index contributed by atoms with van der Waals surface area (Å²) in [5.41, 5.74) is 2.27. The maximum absolute atomic E-state index is 12.1. The lowest BCUT2D eigenvalue weighted by molar-refractivity contribution is -0.137. The van der Waals surface area contributed by atoms with Crippen LogP contribution < -0.4 is 4.74 Å². The number of rotatable bonds is 5. The smallest absolute Gasteiger partial charge is 0.263 e. The van der Waals surface area contributed by atoms with Crippen LogP contribution in [0.15, 0.2) is 18.2 Å². The van der Waals surface area contributed by atoms with E-state index in [1.807, 2.05) is 52.8 Å².